The van der Waals surface area contributed by atoms with Gasteiger partial charge in [0.2, 0.25) is 0 Å². The minimum atomic E-state index is -1.07. The second-order valence-electron chi connectivity index (χ2n) is 4.34. The molecule has 0 unspecified atom stereocenters. The van der Waals surface area contributed by atoms with Gasteiger partial charge in [-0.1, -0.05) is 18.9 Å². The molecule has 92 valence electrons. The van der Waals surface area contributed by atoms with Crippen LogP contribution in [0.2, 0.25) is 0 Å². The lowest BCUT2D eigenvalue weighted by Gasteiger charge is -2.24. The van der Waals surface area contributed by atoms with Gasteiger partial charge in [-0.3, -0.25) is 0 Å². The van der Waals surface area contributed by atoms with E-state index in [0.717, 1.165) is 38.8 Å². The predicted octanol–water partition coefficient (Wildman–Crippen LogP) is 2.90. The number of rotatable bonds is 2. The molecule has 1 heterocycles. The Labute approximate surface area is 99.9 Å². The first-order valence-corrected chi connectivity index (χ1v) is 5.97. The molecule has 1 aromatic carbocycles. The van der Waals surface area contributed by atoms with E-state index >= 15 is 0 Å². The number of aromatic carboxylic acids is 1. The molecule has 0 radical (unpaired) electrons. The van der Waals surface area contributed by atoms with E-state index in [-0.39, 0.29) is 11.3 Å². The Kier molecular flexibility index (Phi) is 3.61. The lowest BCUT2D eigenvalue weighted by molar-refractivity contribution is 0.0697. The van der Waals surface area contributed by atoms with E-state index in [4.69, 9.17) is 5.11 Å². The number of hydrogen-bond acceptors (Lipinski definition) is 2. The number of anilines is 1. The van der Waals surface area contributed by atoms with Crippen LogP contribution in [-0.2, 0) is 0 Å². The van der Waals surface area contributed by atoms with Crippen LogP contribution in [0.3, 0.4) is 0 Å². The Morgan fingerprint density at radius 3 is 2.41 bits per heavy atom. The van der Waals surface area contributed by atoms with E-state index in [9.17, 15) is 9.18 Å². The largest absolute Gasteiger partial charge is 0.478 e. The van der Waals surface area contributed by atoms with Crippen molar-refractivity contribution in [2.45, 2.75) is 25.7 Å². The van der Waals surface area contributed by atoms with E-state index in [2.05, 4.69) is 0 Å². The highest BCUT2D eigenvalue weighted by Crippen LogP contribution is 2.27. The van der Waals surface area contributed by atoms with Gasteiger partial charge in [0.05, 0.1) is 11.3 Å². The number of benzene rings is 1. The maximum Gasteiger partial charge on any atom is 0.337 e. The maximum atomic E-state index is 13.8. The second kappa shape index (κ2) is 5.17. The summed E-state index contributed by atoms with van der Waals surface area (Å²) in [6.45, 7) is 1.47. The van der Waals surface area contributed by atoms with Gasteiger partial charge in [0.15, 0.2) is 0 Å². The average molecular weight is 237 g/mol. The highest BCUT2D eigenvalue weighted by molar-refractivity contribution is 5.94. The van der Waals surface area contributed by atoms with Crippen LogP contribution in [0, 0.1) is 5.82 Å². The summed E-state index contributed by atoms with van der Waals surface area (Å²) >= 11 is 0. The van der Waals surface area contributed by atoms with Crippen molar-refractivity contribution in [1.29, 1.82) is 0 Å². The van der Waals surface area contributed by atoms with E-state index < -0.39 is 11.8 Å². The summed E-state index contributed by atoms with van der Waals surface area (Å²) in [5, 5.41) is 9.10. The first-order chi connectivity index (χ1) is 8.20. The number of hydrogen-bond donors (Lipinski definition) is 1. The number of nitrogens with zero attached hydrogens (tertiary/aromatic N) is 1. The van der Waals surface area contributed by atoms with Gasteiger partial charge in [0.1, 0.15) is 5.82 Å². The highest BCUT2D eigenvalue weighted by atomic mass is 19.1. The molecule has 0 saturated carbocycles. The summed E-state index contributed by atoms with van der Waals surface area (Å²) in [5.74, 6) is -1.50. The first-order valence-electron chi connectivity index (χ1n) is 5.97. The highest BCUT2D eigenvalue weighted by Gasteiger charge is 2.20. The van der Waals surface area contributed by atoms with Crippen molar-refractivity contribution in [1.82, 2.24) is 0 Å². The molecule has 2 rings (SSSR count). The Morgan fingerprint density at radius 1 is 1.18 bits per heavy atom. The smallest absolute Gasteiger partial charge is 0.337 e. The minimum absolute atomic E-state index is 0.0619. The van der Waals surface area contributed by atoms with E-state index in [1.54, 1.807) is 0 Å². The Bertz CT molecular complexity index is 412. The van der Waals surface area contributed by atoms with Gasteiger partial charge in [-0.25, -0.2) is 9.18 Å². The molecular weight excluding hydrogens is 221 g/mol. The normalized spacial score (nSPS) is 16.6. The molecule has 1 aromatic rings. The van der Waals surface area contributed by atoms with Gasteiger partial charge < -0.3 is 10.0 Å². The van der Waals surface area contributed by atoms with Crippen molar-refractivity contribution in [3.63, 3.8) is 0 Å². The van der Waals surface area contributed by atoms with Gasteiger partial charge in [0.25, 0.3) is 0 Å². The lowest BCUT2D eigenvalue weighted by Crippen LogP contribution is -2.27. The summed E-state index contributed by atoms with van der Waals surface area (Å²) in [4.78, 5) is 13.0. The molecule has 0 aromatic heterocycles. The number of carbonyl (C=O) groups is 1. The van der Waals surface area contributed by atoms with Crippen LogP contribution in [0.15, 0.2) is 18.2 Å². The van der Waals surface area contributed by atoms with Crippen molar-refractivity contribution < 1.29 is 14.3 Å². The van der Waals surface area contributed by atoms with Crippen molar-refractivity contribution in [2.24, 2.45) is 0 Å². The summed E-state index contributed by atoms with van der Waals surface area (Å²) in [5.41, 5.74) is 0.314. The van der Waals surface area contributed by atoms with Gasteiger partial charge >= 0.3 is 5.97 Å². The number of carboxylic acid groups (broad SMARTS) is 1. The fourth-order valence-electron chi connectivity index (χ4n) is 2.30. The monoisotopic (exact) mass is 237 g/mol. The Balaban J connectivity index is 2.37. The molecule has 0 bridgehead atoms. The van der Waals surface area contributed by atoms with Crippen LogP contribution in [0.4, 0.5) is 10.1 Å². The average Bonchev–Trinajstić information content (AvgIpc) is 2.57. The molecule has 0 atom stereocenters. The van der Waals surface area contributed by atoms with Crippen LogP contribution >= 0.6 is 0 Å². The second-order valence-corrected chi connectivity index (χ2v) is 4.34. The van der Waals surface area contributed by atoms with Crippen LogP contribution in [0.25, 0.3) is 0 Å². The zero-order valence-corrected chi connectivity index (χ0v) is 9.66. The quantitative estimate of drug-likeness (QED) is 0.859. The third-order valence-corrected chi connectivity index (χ3v) is 3.14. The van der Waals surface area contributed by atoms with Crippen LogP contribution in [0.5, 0.6) is 0 Å². The maximum absolute atomic E-state index is 13.8. The molecule has 0 aliphatic carbocycles. The number of halogens is 1. The zero-order valence-electron chi connectivity index (χ0n) is 9.66. The molecule has 1 fully saturated rings. The molecule has 4 heteroatoms. The third-order valence-electron chi connectivity index (χ3n) is 3.14. The van der Waals surface area contributed by atoms with Crippen LogP contribution < -0.4 is 4.90 Å². The fourth-order valence-corrected chi connectivity index (χ4v) is 2.30. The van der Waals surface area contributed by atoms with Crippen molar-refractivity contribution in [2.75, 3.05) is 18.0 Å². The molecule has 0 amide bonds. The van der Waals surface area contributed by atoms with Crippen molar-refractivity contribution >= 4 is 11.7 Å². The molecule has 1 aliphatic heterocycles. The molecule has 17 heavy (non-hydrogen) atoms. The number of para-hydroxylation sites is 1. The van der Waals surface area contributed by atoms with Gasteiger partial charge in [-0.2, -0.15) is 0 Å². The minimum Gasteiger partial charge on any atom is -0.478 e. The van der Waals surface area contributed by atoms with Crippen LogP contribution in [0.1, 0.15) is 36.0 Å². The Hall–Kier alpha value is -1.58. The Morgan fingerprint density at radius 2 is 1.82 bits per heavy atom. The van der Waals surface area contributed by atoms with Gasteiger partial charge in [-0.15, -0.1) is 0 Å². The van der Waals surface area contributed by atoms with E-state index in [1.807, 2.05) is 4.90 Å². The van der Waals surface area contributed by atoms with Crippen molar-refractivity contribution in [3.05, 3.63) is 29.6 Å². The fraction of sp³-hybridized carbons (Fsp3) is 0.462. The number of carboxylic acids is 1. The third kappa shape index (κ3) is 2.57. The van der Waals surface area contributed by atoms with Crippen molar-refractivity contribution in [3.8, 4) is 0 Å². The molecule has 3 nitrogen and oxygen atoms in total. The SMILES string of the molecule is O=C(O)c1cccc(F)c1N1CCCCCC1. The standard InChI is InChI=1S/C13H16FNO2/c14-11-7-5-6-10(13(16)17)12(11)15-8-3-1-2-4-9-15/h5-7H,1-4,8-9H2,(H,16,17). The molecule has 1 saturated heterocycles. The zero-order chi connectivity index (χ0) is 12.3. The molecule has 1 aliphatic rings. The first kappa shape index (κ1) is 11.9. The summed E-state index contributed by atoms with van der Waals surface area (Å²) in [7, 11) is 0. The van der Waals surface area contributed by atoms with Crippen LogP contribution in [-0.4, -0.2) is 24.2 Å². The molecule has 0 spiro atoms. The van der Waals surface area contributed by atoms with E-state index in [1.165, 1.54) is 18.2 Å². The molecule has 1 N–H and O–H groups in total. The topological polar surface area (TPSA) is 40.5 Å². The summed E-state index contributed by atoms with van der Waals surface area (Å²) < 4.78 is 13.8. The lowest BCUT2D eigenvalue weighted by atomic mass is 10.1. The van der Waals surface area contributed by atoms with Gasteiger partial charge in [0, 0.05) is 13.1 Å². The summed E-state index contributed by atoms with van der Waals surface area (Å²) in [6.07, 6.45) is 4.25. The summed E-state index contributed by atoms with van der Waals surface area (Å²) in [6, 6.07) is 4.23. The van der Waals surface area contributed by atoms with E-state index in [0.29, 0.717) is 0 Å². The van der Waals surface area contributed by atoms with Gasteiger partial charge in [-0.05, 0) is 25.0 Å². The predicted molar refractivity (Wildman–Crippen MR) is 64.0 cm³/mol. The molecular formula is C13H16FNO2.